The summed E-state index contributed by atoms with van der Waals surface area (Å²) in [4.78, 5) is 0. The number of benzene rings is 1. The number of hydrogen-bond acceptors (Lipinski definition) is 3. The van der Waals surface area contributed by atoms with Crippen molar-refractivity contribution < 1.29 is 9.13 Å². The van der Waals surface area contributed by atoms with Gasteiger partial charge in [-0.05, 0) is 12.1 Å². The number of anilines is 1. The summed E-state index contributed by atoms with van der Waals surface area (Å²) >= 11 is 0. The predicted molar refractivity (Wildman–Crippen MR) is 42.1 cm³/mol. The van der Waals surface area contributed by atoms with Crippen molar-refractivity contribution in [3.8, 4) is 11.8 Å². The molecule has 4 heteroatoms. The van der Waals surface area contributed by atoms with Crippen LogP contribution in [0.4, 0.5) is 10.1 Å². The van der Waals surface area contributed by atoms with Gasteiger partial charge in [0.1, 0.15) is 0 Å². The number of ether oxygens (including phenoxy) is 1. The minimum absolute atomic E-state index is 0.0194. The molecule has 0 aromatic heterocycles. The van der Waals surface area contributed by atoms with Crippen LogP contribution in [-0.4, -0.2) is 7.11 Å². The standard InChI is InChI=1S/C8H7FN2O/c1-12-8-6(9)2-5(4-10)3-7(8)11/h2-3H,11H2,1H3. The summed E-state index contributed by atoms with van der Waals surface area (Å²) in [7, 11) is 1.32. The molecule has 0 saturated heterocycles. The van der Waals surface area contributed by atoms with E-state index in [1.165, 1.54) is 13.2 Å². The molecule has 0 amide bonds. The fraction of sp³-hybridized carbons (Fsp3) is 0.125. The van der Waals surface area contributed by atoms with Gasteiger partial charge in [0.15, 0.2) is 11.6 Å². The number of halogens is 1. The van der Waals surface area contributed by atoms with Crippen LogP contribution in [0.2, 0.25) is 0 Å². The van der Waals surface area contributed by atoms with E-state index in [0.29, 0.717) is 0 Å². The third kappa shape index (κ3) is 1.30. The molecule has 12 heavy (non-hydrogen) atoms. The first-order valence-electron chi connectivity index (χ1n) is 3.22. The van der Waals surface area contributed by atoms with Crippen LogP contribution >= 0.6 is 0 Å². The van der Waals surface area contributed by atoms with E-state index in [0.717, 1.165) is 6.07 Å². The Labute approximate surface area is 69.2 Å². The van der Waals surface area contributed by atoms with Crippen molar-refractivity contribution in [3.05, 3.63) is 23.5 Å². The molecule has 62 valence electrons. The minimum Gasteiger partial charge on any atom is -0.492 e. The van der Waals surface area contributed by atoms with E-state index in [4.69, 9.17) is 11.0 Å². The Bertz CT molecular complexity index is 320. The number of nitrogens with zero attached hydrogens (tertiary/aromatic N) is 1. The highest BCUT2D eigenvalue weighted by Crippen LogP contribution is 2.25. The molecule has 0 spiro atoms. The van der Waals surface area contributed by atoms with E-state index < -0.39 is 5.82 Å². The lowest BCUT2D eigenvalue weighted by Crippen LogP contribution is -1.96. The average Bonchev–Trinajstić information content (AvgIpc) is 2.03. The first-order valence-corrected chi connectivity index (χ1v) is 3.22. The molecule has 2 N–H and O–H groups in total. The molecule has 0 atom stereocenters. The molecule has 0 unspecified atom stereocenters. The van der Waals surface area contributed by atoms with Gasteiger partial charge in [0, 0.05) is 0 Å². The van der Waals surface area contributed by atoms with Gasteiger partial charge in [-0.2, -0.15) is 5.26 Å². The van der Waals surface area contributed by atoms with Crippen LogP contribution in [-0.2, 0) is 0 Å². The van der Waals surface area contributed by atoms with E-state index in [1.54, 1.807) is 6.07 Å². The second kappa shape index (κ2) is 3.09. The molecule has 1 aromatic rings. The Balaban J connectivity index is 3.30. The Morgan fingerprint density at radius 1 is 1.58 bits per heavy atom. The van der Waals surface area contributed by atoms with Crippen molar-refractivity contribution in [2.45, 2.75) is 0 Å². The molecular formula is C8H7FN2O. The van der Waals surface area contributed by atoms with Crippen molar-refractivity contribution in [2.75, 3.05) is 12.8 Å². The van der Waals surface area contributed by atoms with Crippen LogP contribution < -0.4 is 10.5 Å². The number of nitrogen functional groups attached to an aromatic ring is 1. The monoisotopic (exact) mass is 166 g/mol. The van der Waals surface area contributed by atoms with Crippen LogP contribution in [0.25, 0.3) is 0 Å². The number of nitriles is 1. The van der Waals surface area contributed by atoms with Crippen molar-refractivity contribution in [1.82, 2.24) is 0 Å². The van der Waals surface area contributed by atoms with Gasteiger partial charge in [-0.25, -0.2) is 4.39 Å². The predicted octanol–water partition coefficient (Wildman–Crippen LogP) is 1.29. The maximum Gasteiger partial charge on any atom is 0.177 e. The second-order valence-electron chi connectivity index (χ2n) is 2.19. The zero-order valence-electron chi connectivity index (χ0n) is 6.47. The molecular weight excluding hydrogens is 159 g/mol. The van der Waals surface area contributed by atoms with Gasteiger partial charge in [0.2, 0.25) is 0 Å². The zero-order chi connectivity index (χ0) is 9.14. The van der Waals surface area contributed by atoms with Crippen molar-refractivity contribution in [1.29, 1.82) is 5.26 Å². The number of rotatable bonds is 1. The summed E-state index contributed by atoms with van der Waals surface area (Å²) in [6.07, 6.45) is 0. The summed E-state index contributed by atoms with van der Waals surface area (Å²) < 4.78 is 17.6. The number of nitrogens with two attached hydrogens (primary N) is 1. The van der Waals surface area contributed by atoms with E-state index in [2.05, 4.69) is 4.74 Å². The maximum absolute atomic E-state index is 12.9. The lowest BCUT2D eigenvalue weighted by Gasteiger charge is -2.04. The molecule has 0 bridgehead atoms. The topological polar surface area (TPSA) is 59.0 Å². The molecule has 0 aliphatic rings. The minimum atomic E-state index is -0.617. The smallest absolute Gasteiger partial charge is 0.177 e. The zero-order valence-corrected chi connectivity index (χ0v) is 6.47. The van der Waals surface area contributed by atoms with Gasteiger partial charge in [0.25, 0.3) is 0 Å². The van der Waals surface area contributed by atoms with Crippen LogP contribution in [0.15, 0.2) is 12.1 Å². The first kappa shape index (κ1) is 8.34. The van der Waals surface area contributed by atoms with Crippen LogP contribution in [0.1, 0.15) is 5.56 Å². The summed E-state index contributed by atoms with van der Waals surface area (Å²) in [5.74, 6) is -0.636. The first-order chi connectivity index (χ1) is 5.69. The van der Waals surface area contributed by atoms with Crippen LogP contribution in [0.3, 0.4) is 0 Å². The quantitative estimate of drug-likeness (QED) is 0.639. The van der Waals surface area contributed by atoms with E-state index in [1.807, 2.05) is 0 Å². The highest BCUT2D eigenvalue weighted by atomic mass is 19.1. The van der Waals surface area contributed by atoms with Gasteiger partial charge in [-0.1, -0.05) is 0 Å². The molecule has 0 heterocycles. The Kier molecular flexibility index (Phi) is 2.15. The molecule has 1 aromatic carbocycles. The molecule has 1 rings (SSSR count). The molecule has 0 fully saturated rings. The normalized spacial score (nSPS) is 9.08. The van der Waals surface area contributed by atoms with Crippen molar-refractivity contribution in [3.63, 3.8) is 0 Å². The van der Waals surface area contributed by atoms with Gasteiger partial charge in [-0.15, -0.1) is 0 Å². The largest absolute Gasteiger partial charge is 0.492 e. The molecule has 0 radical (unpaired) electrons. The molecule has 0 aliphatic heterocycles. The Morgan fingerprint density at radius 3 is 2.67 bits per heavy atom. The highest BCUT2D eigenvalue weighted by Gasteiger charge is 2.08. The van der Waals surface area contributed by atoms with Gasteiger partial charge < -0.3 is 10.5 Å². The van der Waals surface area contributed by atoms with Crippen LogP contribution in [0.5, 0.6) is 5.75 Å². The summed E-state index contributed by atoms with van der Waals surface area (Å²) in [6.45, 7) is 0. The average molecular weight is 166 g/mol. The molecule has 0 aliphatic carbocycles. The lowest BCUT2D eigenvalue weighted by atomic mass is 10.2. The molecule has 0 saturated carbocycles. The maximum atomic E-state index is 12.9. The third-order valence-corrected chi connectivity index (χ3v) is 1.41. The number of hydrogen-bond donors (Lipinski definition) is 1. The fourth-order valence-corrected chi connectivity index (χ4v) is 0.895. The van der Waals surface area contributed by atoms with Crippen molar-refractivity contribution in [2.24, 2.45) is 0 Å². The summed E-state index contributed by atoms with van der Waals surface area (Å²) in [6, 6.07) is 4.23. The summed E-state index contributed by atoms with van der Waals surface area (Å²) in [5.41, 5.74) is 5.71. The van der Waals surface area contributed by atoms with E-state index in [-0.39, 0.29) is 17.0 Å². The fourth-order valence-electron chi connectivity index (χ4n) is 0.895. The third-order valence-electron chi connectivity index (χ3n) is 1.41. The highest BCUT2D eigenvalue weighted by molar-refractivity contribution is 5.57. The Hall–Kier alpha value is -1.76. The molecule has 3 nitrogen and oxygen atoms in total. The SMILES string of the molecule is COc1c(N)cc(C#N)cc1F. The van der Waals surface area contributed by atoms with Gasteiger partial charge >= 0.3 is 0 Å². The lowest BCUT2D eigenvalue weighted by molar-refractivity contribution is 0.389. The second-order valence-corrected chi connectivity index (χ2v) is 2.19. The summed E-state index contributed by atoms with van der Waals surface area (Å²) in [5, 5.41) is 8.44. The van der Waals surface area contributed by atoms with Crippen LogP contribution in [0, 0.1) is 17.1 Å². The Morgan fingerprint density at radius 2 is 2.25 bits per heavy atom. The van der Waals surface area contributed by atoms with Crippen molar-refractivity contribution >= 4 is 5.69 Å². The van der Waals surface area contributed by atoms with E-state index >= 15 is 0 Å². The van der Waals surface area contributed by atoms with Gasteiger partial charge in [0.05, 0.1) is 24.4 Å². The van der Waals surface area contributed by atoms with E-state index in [9.17, 15) is 4.39 Å². The number of methoxy groups -OCH3 is 1. The van der Waals surface area contributed by atoms with Gasteiger partial charge in [-0.3, -0.25) is 0 Å².